The Morgan fingerprint density at radius 3 is 0.981 bits per heavy atom. The lowest BCUT2D eigenvalue weighted by atomic mass is 9.91. The van der Waals surface area contributed by atoms with Gasteiger partial charge >= 0.3 is 0 Å². The second-order valence-electron chi connectivity index (χ2n) is 13.7. The quantitative estimate of drug-likeness (QED) is 0.174. The lowest BCUT2D eigenvalue weighted by molar-refractivity contribution is 1.29. The summed E-state index contributed by atoms with van der Waals surface area (Å²) < 4.78 is 0. The van der Waals surface area contributed by atoms with Crippen LogP contribution in [-0.2, 0) is 0 Å². The van der Waals surface area contributed by atoms with Gasteiger partial charge in [-0.3, -0.25) is 0 Å². The van der Waals surface area contributed by atoms with E-state index in [1.165, 1.54) is 32.7 Å². The van der Waals surface area contributed by atoms with Crippen molar-refractivity contribution < 1.29 is 0 Å². The first-order chi connectivity index (χ1) is 26.8. The van der Waals surface area contributed by atoms with E-state index < -0.39 is 0 Å². The zero-order valence-electron chi connectivity index (χ0n) is 29.5. The molecular weight excluding hydrogens is 653 g/mol. The van der Waals surface area contributed by atoms with Crippen LogP contribution in [0.3, 0.4) is 0 Å². The van der Waals surface area contributed by atoms with E-state index in [9.17, 15) is 0 Å². The molecule has 0 N–H and O–H groups in total. The van der Waals surface area contributed by atoms with Crippen molar-refractivity contribution in [3.63, 3.8) is 0 Å². The summed E-state index contributed by atoms with van der Waals surface area (Å²) in [6.45, 7) is 0. The van der Waals surface area contributed by atoms with Crippen molar-refractivity contribution in [3.05, 3.63) is 206 Å². The summed E-state index contributed by atoms with van der Waals surface area (Å²) in [4.78, 5) is 11.4. The summed E-state index contributed by atoms with van der Waals surface area (Å²) in [5, 5.41) is 4.77. The number of hydrogen-bond donors (Lipinski definition) is 0. The van der Waals surface area contributed by atoms with Crippen molar-refractivity contribution in [1.82, 2.24) is 9.97 Å². The Labute approximate surface area is 314 Å². The zero-order chi connectivity index (χ0) is 35.8. The lowest BCUT2D eigenvalue weighted by Crippen LogP contribution is -1.99. The van der Waals surface area contributed by atoms with Crippen LogP contribution in [0, 0.1) is 0 Å². The van der Waals surface area contributed by atoms with Crippen LogP contribution in [-0.4, -0.2) is 9.97 Å². The minimum absolute atomic E-state index is 0.853. The normalized spacial score (nSPS) is 11.3. The Morgan fingerprint density at radius 2 is 0.556 bits per heavy atom. The van der Waals surface area contributed by atoms with Crippen molar-refractivity contribution in [2.75, 3.05) is 0 Å². The van der Waals surface area contributed by atoms with Crippen LogP contribution in [0.2, 0.25) is 0 Å². The van der Waals surface area contributed by atoms with Gasteiger partial charge < -0.3 is 0 Å². The van der Waals surface area contributed by atoms with E-state index in [4.69, 9.17) is 9.97 Å². The van der Waals surface area contributed by atoms with E-state index in [1.807, 2.05) is 0 Å². The predicted molar refractivity (Wildman–Crippen MR) is 227 cm³/mol. The largest absolute Gasteiger partial charge is 0.243 e. The van der Waals surface area contributed by atoms with Gasteiger partial charge in [0.15, 0.2) is 0 Å². The van der Waals surface area contributed by atoms with Crippen LogP contribution in [0.1, 0.15) is 0 Å². The molecule has 0 saturated heterocycles. The summed E-state index contributed by atoms with van der Waals surface area (Å²) in [5.74, 6) is 0. The molecule has 0 bridgehead atoms. The summed E-state index contributed by atoms with van der Waals surface area (Å²) in [6.07, 6.45) is 0. The molecule has 0 atom stereocenters. The molecule has 0 spiro atoms. The van der Waals surface area contributed by atoms with Crippen LogP contribution >= 0.6 is 0 Å². The molecule has 9 aromatic carbocycles. The first-order valence-electron chi connectivity index (χ1n) is 18.4. The topological polar surface area (TPSA) is 25.8 Å². The molecule has 10 aromatic rings. The fraction of sp³-hybridized carbons (Fsp3) is 0. The third-order valence-electron chi connectivity index (χ3n) is 10.5. The SMILES string of the molecule is c1ccc(-c2ccc(-c3nc4c(-c5cccc6ccccc56)ccc(-c5cccc6ccccc56)c4nc3-c3ccc(-c4ccccc4)cc3)cc2)cc1. The molecule has 0 saturated carbocycles. The Bertz CT molecular complexity index is 2730. The Balaban J connectivity index is 1.27. The van der Waals surface area contributed by atoms with E-state index in [0.29, 0.717) is 0 Å². The third kappa shape index (κ3) is 5.62. The van der Waals surface area contributed by atoms with E-state index in [1.54, 1.807) is 0 Å². The maximum absolute atomic E-state index is 5.69. The Morgan fingerprint density at radius 1 is 0.222 bits per heavy atom. The van der Waals surface area contributed by atoms with Gasteiger partial charge in [-0.05, 0) is 54.9 Å². The molecule has 252 valence electrons. The fourth-order valence-corrected chi connectivity index (χ4v) is 7.80. The number of rotatable bonds is 6. The molecule has 0 aliphatic heterocycles. The van der Waals surface area contributed by atoms with Crippen molar-refractivity contribution in [2.45, 2.75) is 0 Å². The van der Waals surface area contributed by atoms with E-state index in [-0.39, 0.29) is 0 Å². The zero-order valence-corrected chi connectivity index (χ0v) is 29.5. The van der Waals surface area contributed by atoms with Gasteiger partial charge in [-0.15, -0.1) is 0 Å². The number of hydrogen-bond acceptors (Lipinski definition) is 2. The summed E-state index contributed by atoms with van der Waals surface area (Å²) in [5.41, 5.74) is 14.6. The molecule has 2 heteroatoms. The molecule has 0 aliphatic rings. The van der Waals surface area contributed by atoms with Gasteiger partial charge in [0.1, 0.15) is 0 Å². The van der Waals surface area contributed by atoms with Crippen molar-refractivity contribution in [3.8, 4) is 67.0 Å². The maximum Gasteiger partial charge on any atom is 0.0979 e. The highest BCUT2D eigenvalue weighted by molar-refractivity contribution is 6.11. The Kier molecular flexibility index (Phi) is 7.85. The number of nitrogens with zero attached hydrogens (tertiary/aromatic N) is 2. The second-order valence-corrected chi connectivity index (χ2v) is 13.7. The maximum atomic E-state index is 5.69. The van der Waals surface area contributed by atoms with Gasteiger partial charge in [0.05, 0.1) is 22.4 Å². The van der Waals surface area contributed by atoms with Gasteiger partial charge in [-0.25, -0.2) is 9.97 Å². The van der Waals surface area contributed by atoms with Gasteiger partial charge in [-0.1, -0.05) is 206 Å². The molecule has 54 heavy (non-hydrogen) atoms. The average Bonchev–Trinajstić information content (AvgIpc) is 3.26. The summed E-state index contributed by atoms with van der Waals surface area (Å²) >= 11 is 0. The summed E-state index contributed by atoms with van der Waals surface area (Å²) in [7, 11) is 0. The number of fused-ring (bicyclic) bond motifs is 3. The van der Waals surface area contributed by atoms with E-state index >= 15 is 0 Å². The van der Waals surface area contributed by atoms with Crippen molar-refractivity contribution in [1.29, 1.82) is 0 Å². The standard InChI is InChI=1S/C52H34N2/c1-3-13-35(14-4-1)37-25-29-41(30-26-37)49-50(42-31-27-38(28-32-42)36-15-5-2-6-16-36)54-52-48(46-24-12-20-40-18-8-10-22-44(40)46)34-33-47(51(52)53-49)45-23-11-19-39-17-7-9-21-43(39)45/h1-34H. The van der Waals surface area contributed by atoms with Crippen molar-refractivity contribution >= 4 is 32.6 Å². The molecular formula is C52H34N2. The minimum atomic E-state index is 0.853. The highest BCUT2D eigenvalue weighted by atomic mass is 14.8. The molecule has 1 heterocycles. The van der Waals surface area contributed by atoms with Crippen LogP contribution in [0.5, 0.6) is 0 Å². The number of benzene rings is 9. The number of aromatic nitrogens is 2. The first kappa shape index (κ1) is 31.6. The third-order valence-corrected chi connectivity index (χ3v) is 10.5. The van der Waals surface area contributed by atoms with Crippen LogP contribution in [0.25, 0.3) is 99.6 Å². The van der Waals surface area contributed by atoms with Crippen molar-refractivity contribution in [2.24, 2.45) is 0 Å². The monoisotopic (exact) mass is 686 g/mol. The minimum Gasteiger partial charge on any atom is -0.243 e. The van der Waals surface area contributed by atoms with E-state index in [0.717, 1.165) is 66.9 Å². The van der Waals surface area contributed by atoms with Gasteiger partial charge in [-0.2, -0.15) is 0 Å². The molecule has 0 aliphatic carbocycles. The highest BCUT2D eigenvalue weighted by Gasteiger charge is 2.21. The highest BCUT2D eigenvalue weighted by Crippen LogP contribution is 2.42. The molecule has 1 aromatic heterocycles. The van der Waals surface area contributed by atoms with E-state index in [2.05, 4.69) is 206 Å². The first-order valence-corrected chi connectivity index (χ1v) is 18.4. The van der Waals surface area contributed by atoms with Gasteiger partial charge in [0.2, 0.25) is 0 Å². The molecule has 0 unspecified atom stereocenters. The molecule has 2 nitrogen and oxygen atoms in total. The fourth-order valence-electron chi connectivity index (χ4n) is 7.80. The van der Waals surface area contributed by atoms with Crippen LogP contribution < -0.4 is 0 Å². The van der Waals surface area contributed by atoms with Gasteiger partial charge in [0.25, 0.3) is 0 Å². The molecule has 0 fully saturated rings. The second kappa shape index (κ2) is 13.4. The lowest BCUT2D eigenvalue weighted by Gasteiger charge is -2.18. The summed E-state index contributed by atoms with van der Waals surface area (Å²) in [6, 6.07) is 73.2. The van der Waals surface area contributed by atoms with Crippen LogP contribution in [0.15, 0.2) is 206 Å². The molecule has 0 radical (unpaired) electrons. The smallest absolute Gasteiger partial charge is 0.0979 e. The molecule has 10 rings (SSSR count). The average molecular weight is 687 g/mol. The van der Waals surface area contributed by atoms with Gasteiger partial charge in [0, 0.05) is 22.3 Å². The predicted octanol–water partition coefficient (Wildman–Crippen LogP) is 13.9. The van der Waals surface area contributed by atoms with Crippen LogP contribution in [0.4, 0.5) is 0 Å². The Hall–Kier alpha value is -7.16. The molecule has 0 amide bonds.